The Morgan fingerprint density at radius 2 is 1.71 bits per heavy atom. The third-order valence-electron chi connectivity index (χ3n) is 5.92. The van der Waals surface area contributed by atoms with E-state index < -0.39 is 0 Å². The number of rotatable bonds is 3. The normalized spacial score (nSPS) is 28.9. The molecule has 0 aliphatic carbocycles. The Morgan fingerprint density at radius 1 is 1.00 bits per heavy atom. The Bertz CT molecular complexity index is 443. The number of hydrogen-bond acceptors (Lipinski definition) is 3. The van der Waals surface area contributed by atoms with Crippen LogP contribution in [0.4, 0.5) is 4.79 Å². The van der Waals surface area contributed by atoms with E-state index in [0.717, 1.165) is 58.4 Å². The second-order valence-corrected chi connectivity index (χ2v) is 7.44. The predicted molar refractivity (Wildman–Crippen MR) is 90.9 cm³/mol. The lowest BCUT2D eigenvalue weighted by Gasteiger charge is -2.39. The van der Waals surface area contributed by atoms with Gasteiger partial charge in [0.05, 0.1) is 31.7 Å². The van der Waals surface area contributed by atoms with Gasteiger partial charge in [0, 0.05) is 39.0 Å². The van der Waals surface area contributed by atoms with Gasteiger partial charge in [0.25, 0.3) is 0 Å². The molecule has 3 aliphatic heterocycles. The van der Waals surface area contributed by atoms with Gasteiger partial charge in [-0.15, -0.1) is 0 Å². The van der Waals surface area contributed by atoms with E-state index >= 15 is 0 Å². The van der Waals surface area contributed by atoms with Crippen LogP contribution in [0.2, 0.25) is 0 Å². The number of quaternary nitrogens is 1. The van der Waals surface area contributed by atoms with Crippen LogP contribution in [0, 0.1) is 5.92 Å². The highest BCUT2D eigenvalue weighted by atomic mass is 16.6. The number of carbonyl (C=O) groups is 2. The molecular weight excluding hydrogens is 306 g/mol. The number of nitrogens with one attached hydrogen (secondary N) is 1. The van der Waals surface area contributed by atoms with Gasteiger partial charge in [-0.25, -0.2) is 4.79 Å². The van der Waals surface area contributed by atoms with Crippen LogP contribution in [0.25, 0.3) is 0 Å². The lowest BCUT2D eigenvalue weighted by Crippen LogP contribution is -3.17. The van der Waals surface area contributed by atoms with Crippen molar-refractivity contribution in [1.82, 2.24) is 9.80 Å². The summed E-state index contributed by atoms with van der Waals surface area (Å²) in [5.41, 5.74) is 0. The van der Waals surface area contributed by atoms with Gasteiger partial charge in [-0.3, -0.25) is 4.79 Å². The topological polar surface area (TPSA) is 54.3 Å². The highest BCUT2D eigenvalue weighted by Gasteiger charge is 2.37. The SMILES string of the molecule is CCOC(=O)N1CCC([NH+]2CCC[C@H](C(=O)N3CCCC3)C2)CC1. The molecule has 3 fully saturated rings. The standard InChI is InChI=1S/C18H31N3O3/c1-2-24-18(23)20-12-7-16(8-13-20)21-11-5-6-15(14-21)17(22)19-9-3-4-10-19/h15-16H,2-14H2,1H3/p+1/t15-/m0/s1. The van der Waals surface area contributed by atoms with E-state index in [1.807, 2.05) is 11.8 Å². The van der Waals surface area contributed by atoms with Crippen LogP contribution in [0.3, 0.4) is 0 Å². The van der Waals surface area contributed by atoms with Crippen molar-refractivity contribution in [2.75, 3.05) is 45.9 Å². The van der Waals surface area contributed by atoms with Crippen LogP contribution in [0.1, 0.15) is 45.4 Å². The number of likely N-dealkylation sites (tertiary alicyclic amines) is 3. The van der Waals surface area contributed by atoms with Crippen LogP contribution in [-0.2, 0) is 9.53 Å². The van der Waals surface area contributed by atoms with E-state index in [4.69, 9.17) is 4.74 Å². The third kappa shape index (κ3) is 4.02. The first kappa shape index (κ1) is 17.5. The zero-order valence-corrected chi connectivity index (χ0v) is 15.0. The number of nitrogens with zero attached hydrogens (tertiary/aromatic N) is 2. The second-order valence-electron chi connectivity index (χ2n) is 7.44. The number of carbonyl (C=O) groups excluding carboxylic acids is 2. The molecule has 3 aliphatic rings. The first-order chi connectivity index (χ1) is 11.7. The molecule has 0 radical (unpaired) electrons. The summed E-state index contributed by atoms with van der Waals surface area (Å²) in [6.45, 7) is 7.95. The van der Waals surface area contributed by atoms with Gasteiger partial charge in [-0.2, -0.15) is 0 Å². The first-order valence-electron chi connectivity index (χ1n) is 9.74. The van der Waals surface area contributed by atoms with Crippen molar-refractivity contribution in [1.29, 1.82) is 0 Å². The maximum atomic E-state index is 12.7. The molecule has 136 valence electrons. The second kappa shape index (κ2) is 8.19. The Balaban J connectivity index is 1.48. The Hall–Kier alpha value is -1.30. The average Bonchev–Trinajstić information content (AvgIpc) is 3.16. The van der Waals surface area contributed by atoms with Gasteiger partial charge in [0.15, 0.2) is 0 Å². The van der Waals surface area contributed by atoms with Crippen molar-refractivity contribution in [3.63, 3.8) is 0 Å². The van der Waals surface area contributed by atoms with Gasteiger partial charge in [0.1, 0.15) is 0 Å². The minimum Gasteiger partial charge on any atom is -0.450 e. The Kier molecular flexibility index (Phi) is 5.98. The number of amides is 2. The maximum Gasteiger partial charge on any atom is 0.409 e. The third-order valence-corrected chi connectivity index (χ3v) is 5.92. The predicted octanol–water partition coefficient (Wildman–Crippen LogP) is 0.525. The lowest BCUT2D eigenvalue weighted by atomic mass is 9.93. The molecule has 24 heavy (non-hydrogen) atoms. The first-order valence-corrected chi connectivity index (χ1v) is 9.74. The van der Waals surface area contributed by atoms with Gasteiger partial charge in [-0.05, 0) is 32.6 Å². The fourth-order valence-electron chi connectivity index (χ4n) is 4.56. The van der Waals surface area contributed by atoms with E-state index in [9.17, 15) is 9.59 Å². The fraction of sp³-hybridized carbons (Fsp3) is 0.889. The van der Waals surface area contributed by atoms with Crippen LogP contribution in [-0.4, -0.2) is 73.7 Å². The summed E-state index contributed by atoms with van der Waals surface area (Å²) >= 11 is 0. The Labute approximate surface area is 145 Å². The molecule has 0 spiro atoms. The molecule has 0 saturated carbocycles. The van der Waals surface area contributed by atoms with E-state index in [2.05, 4.69) is 4.90 Å². The molecule has 2 amide bonds. The van der Waals surface area contributed by atoms with Gasteiger partial charge >= 0.3 is 6.09 Å². The largest absolute Gasteiger partial charge is 0.450 e. The summed E-state index contributed by atoms with van der Waals surface area (Å²) < 4.78 is 5.10. The van der Waals surface area contributed by atoms with Gasteiger partial charge in [-0.1, -0.05) is 0 Å². The van der Waals surface area contributed by atoms with Crippen molar-refractivity contribution < 1.29 is 19.2 Å². The molecular formula is C18H32N3O3+. The number of ether oxygens (including phenoxy) is 1. The summed E-state index contributed by atoms with van der Waals surface area (Å²) in [5, 5.41) is 0. The minimum absolute atomic E-state index is 0.174. The van der Waals surface area contributed by atoms with Crippen LogP contribution in [0.15, 0.2) is 0 Å². The van der Waals surface area contributed by atoms with Crippen molar-refractivity contribution in [2.24, 2.45) is 5.92 Å². The molecule has 3 heterocycles. The summed E-state index contributed by atoms with van der Waals surface area (Å²) in [6, 6.07) is 0.588. The van der Waals surface area contributed by atoms with Crippen molar-refractivity contribution in [2.45, 2.75) is 51.5 Å². The van der Waals surface area contributed by atoms with Crippen LogP contribution < -0.4 is 4.90 Å². The lowest BCUT2D eigenvalue weighted by molar-refractivity contribution is -0.933. The zero-order chi connectivity index (χ0) is 16.9. The van der Waals surface area contributed by atoms with Crippen molar-refractivity contribution in [3.05, 3.63) is 0 Å². The fourth-order valence-corrected chi connectivity index (χ4v) is 4.56. The molecule has 0 bridgehead atoms. The molecule has 6 nitrogen and oxygen atoms in total. The van der Waals surface area contributed by atoms with E-state index in [1.54, 1.807) is 4.90 Å². The number of piperidine rings is 2. The monoisotopic (exact) mass is 338 g/mol. The maximum absolute atomic E-state index is 12.7. The molecule has 1 unspecified atom stereocenters. The van der Waals surface area contributed by atoms with Gasteiger partial charge < -0.3 is 19.4 Å². The molecule has 3 rings (SSSR count). The van der Waals surface area contributed by atoms with Gasteiger partial charge in [0.2, 0.25) is 5.91 Å². The smallest absolute Gasteiger partial charge is 0.409 e. The highest BCUT2D eigenvalue weighted by molar-refractivity contribution is 5.79. The summed E-state index contributed by atoms with van der Waals surface area (Å²) in [4.78, 5) is 30.0. The zero-order valence-electron chi connectivity index (χ0n) is 15.0. The summed E-state index contributed by atoms with van der Waals surface area (Å²) in [6.07, 6.45) is 6.42. The summed E-state index contributed by atoms with van der Waals surface area (Å²) in [7, 11) is 0. The minimum atomic E-state index is -0.174. The quantitative estimate of drug-likeness (QED) is 0.816. The van der Waals surface area contributed by atoms with Crippen molar-refractivity contribution >= 4 is 12.0 Å². The van der Waals surface area contributed by atoms with E-state index in [1.165, 1.54) is 19.4 Å². The average molecular weight is 338 g/mol. The molecule has 6 heteroatoms. The van der Waals surface area contributed by atoms with E-state index in [-0.39, 0.29) is 12.0 Å². The van der Waals surface area contributed by atoms with Crippen LogP contribution in [0.5, 0.6) is 0 Å². The molecule has 2 atom stereocenters. The molecule has 0 aromatic heterocycles. The molecule has 3 saturated heterocycles. The Morgan fingerprint density at radius 3 is 2.38 bits per heavy atom. The molecule has 0 aromatic rings. The molecule has 0 aromatic carbocycles. The summed E-state index contributed by atoms with van der Waals surface area (Å²) in [5.74, 6) is 0.614. The van der Waals surface area contributed by atoms with E-state index in [0.29, 0.717) is 18.6 Å². The van der Waals surface area contributed by atoms with Crippen LogP contribution >= 0.6 is 0 Å². The highest BCUT2D eigenvalue weighted by Crippen LogP contribution is 2.18. The molecule has 1 N–H and O–H groups in total. The van der Waals surface area contributed by atoms with Crippen molar-refractivity contribution in [3.8, 4) is 0 Å². The number of hydrogen-bond donors (Lipinski definition) is 1.